The molecule has 1 N–H and O–H groups in total. The molecule has 0 unspecified atom stereocenters. The molecule has 3 nitrogen and oxygen atoms in total. The van der Waals surface area contributed by atoms with Gasteiger partial charge in [0.1, 0.15) is 5.82 Å². The quantitative estimate of drug-likeness (QED) is 0.805. The number of fused-ring (bicyclic) bond motifs is 1. The Morgan fingerprint density at radius 1 is 1.05 bits per heavy atom. The predicted octanol–water partition coefficient (Wildman–Crippen LogP) is 3.19. The molecule has 3 aromatic rings. The largest absolute Gasteiger partial charge is 0.387 e. The van der Waals surface area contributed by atoms with Crippen LogP contribution in [0.3, 0.4) is 0 Å². The number of halogens is 3. The molecule has 0 aliphatic heterocycles. The van der Waals surface area contributed by atoms with Crippen LogP contribution in [0, 0.1) is 17.5 Å². The Morgan fingerprint density at radius 3 is 2.43 bits per heavy atom. The summed E-state index contributed by atoms with van der Waals surface area (Å²) < 4.78 is 40.8. The minimum Gasteiger partial charge on any atom is -0.387 e. The number of nitrogens with zero attached hydrogens (tertiary/aromatic N) is 2. The average molecular weight is 292 g/mol. The fourth-order valence-electron chi connectivity index (χ4n) is 2.18. The van der Waals surface area contributed by atoms with E-state index in [-0.39, 0.29) is 6.54 Å². The van der Waals surface area contributed by atoms with Crippen LogP contribution in [-0.4, -0.2) is 14.7 Å². The molecule has 6 heteroatoms. The van der Waals surface area contributed by atoms with Gasteiger partial charge < -0.3 is 9.67 Å². The number of hydrogen-bond donors (Lipinski definition) is 1. The average Bonchev–Trinajstić information content (AvgIpc) is 2.82. The van der Waals surface area contributed by atoms with Crippen LogP contribution < -0.4 is 0 Å². The monoisotopic (exact) mass is 292 g/mol. The van der Waals surface area contributed by atoms with Crippen LogP contribution in [0.4, 0.5) is 13.2 Å². The Bertz CT molecular complexity index is 783. The van der Waals surface area contributed by atoms with Crippen molar-refractivity contribution in [2.45, 2.75) is 12.6 Å². The highest BCUT2D eigenvalue weighted by Gasteiger charge is 2.13. The fourth-order valence-corrected chi connectivity index (χ4v) is 2.18. The molecule has 0 radical (unpaired) electrons. The SMILES string of the molecule is O[C@@H](Cn1cnc2cc(F)c(F)cc21)c1ccc(F)cc1. The second kappa shape index (κ2) is 5.21. The molecule has 1 heterocycles. The normalized spacial score (nSPS) is 12.8. The van der Waals surface area contributed by atoms with E-state index in [1.165, 1.54) is 35.2 Å². The van der Waals surface area contributed by atoms with Crippen molar-refractivity contribution in [3.63, 3.8) is 0 Å². The number of aromatic nitrogens is 2. The number of imidazole rings is 1. The van der Waals surface area contributed by atoms with Gasteiger partial charge in [0.05, 0.1) is 30.0 Å². The molecular weight excluding hydrogens is 281 g/mol. The second-order valence-corrected chi connectivity index (χ2v) is 4.72. The van der Waals surface area contributed by atoms with E-state index in [4.69, 9.17) is 0 Å². The standard InChI is InChI=1S/C15H11F3N2O/c16-10-3-1-9(2-4-10)15(21)7-20-8-19-13-5-11(17)12(18)6-14(13)20/h1-6,8,15,21H,7H2/t15-/m0/s1. The number of hydrogen-bond acceptors (Lipinski definition) is 2. The van der Waals surface area contributed by atoms with Crippen molar-refractivity contribution in [2.24, 2.45) is 0 Å². The molecule has 0 aliphatic carbocycles. The first-order valence-electron chi connectivity index (χ1n) is 6.28. The molecule has 108 valence electrons. The lowest BCUT2D eigenvalue weighted by atomic mass is 10.1. The Morgan fingerprint density at radius 2 is 1.71 bits per heavy atom. The third-order valence-corrected chi connectivity index (χ3v) is 3.29. The van der Waals surface area contributed by atoms with Crippen LogP contribution in [0.2, 0.25) is 0 Å². The maximum absolute atomic E-state index is 13.3. The van der Waals surface area contributed by atoms with Crippen molar-refractivity contribution in [1.29, 1.82) is 0 Å². The van der Waals surface area contributed by atoms with Gasteiger partial charge in [0, 0.05) is 12.1 Å². The van der Waals surface area contributed by atoms with E-state index < -0.39 is 23.6 Å². The Balaban J connectivity index is 1.91. The van der Waals surface area contributed by atoms with Gasteiger partial charge in [-0.05, 0) is 17.7 Å². The zero-order valence-corrected chi connectivity index (χ0v) is 10.8. The smallest absolute Gasteiger partial charge is 0.161 e. The molecule has 0 saturated heterocycles. The Kier molecular flexibility index (Phi) is 3.39. The van der Waals surface area contributed by atoms with Gasteiger partial charge in [0.15, 0.2) is 11.6 Å². The van der Waals surface area contributed by atoms with E-state index in [1.54, 1.807) is 0 Å². The van der Waals surface area contributed by atoms with Crippen LogP contribution in [0.1, 0.15) is 11.7 Å². The molecule has 1 aromatic heterocycles. The van der Waals surface area contributed by atoms with Gasteiger partial charge in [-0.2, -0.15) is 0 Å². The van der Waals surface area contributed by atoms with E-state index in [0.29, 0.717) is 16.6 Å². The molecule has 0 aliphatic rings. The maximum atomic E-state index is 13.3. The van der Waals surface area contributed by atoms with E-state index in [1.807, 2.05) is 0 Å². The summed E-state index contributed by atoms with van der Waals surface area (Å²) in [6, 6.07) is 7.48. The van der Waals surface area contributed by atoms with Crippen LogP contribution in [0.25, 0.3) is 11.0 Å². The molecule has 21 heavy (non-hydrogen) atoms. The first-order chi connectivity index (χ1) is 10.0. The summed E-state index contributed by atoms with van der Waals surface area (Å²) >= 11 is 0. The molecule has 3 rings (SSSR count). The first-order valence-corrected chi connectivity index (χ1v) is 6.28. The van der Waals surface area contributed by atoms with Gasteiger partial charge in [-0.25, -0.2) is 18.2 Å². The highest BCUT2D eigenvalue weighted by molar-refractivity contribution is 5.75. The lowest BCUT2D eigenvalue weighted by molar-refractivity contribution is 0.158. The second-order valence-electron chi connectivity index (χ2n) is 4.72. The van der Waals surface area contributed by atoms with E-state index in [0.717, 1.165) is 12.1 Å². The number of rotatable bonds is 3. The maximum Gasteiger partial charge on any atom is 0.161 e. The van der Waals surface area contributed by atoms with Gasteiger partial charge in [-0.1, -0.05) is 12.1 Å². The summed E-state index contributed by atoms with van der Waals surface area (Å²) in [5, 5.41) is 10.1. The summed E-state index contributed by atoms with van der Waals surface area (Å²) in [5.74, 6) is -2.33. The number of aliphatic hydroxyl groups excluding tert-OH is 1. The minimum absolute atomic E-state index is 0.104. The zero-order chi connectivity index (χ0) is 15.0. The van der Waals surface area contributed by atoms with E-state index in [2.05, 4.69) is 4.98 Å². The van der Waals surface area contributed by atoms with E-state index >= 15 is 0 Å². The molecule has 2 aromatic carbocycles. The lowest BCUT2D eigenvalue weighted by Crippen LogP contribution is -2.08. The summed E-state index contributed by atoms with van der Waals surface area (Å²) in [7, 11) is 0. The summed E-state index contributed by atoms with van der Waals surface area (Å²) in [6.45, 7) is 0.104. The van der Waals surface area contributed by atoms with Crippen LogP contribution >= 0.6 is 0 Å². The number of aliphatic hydroxyl groups is 1. The zero-order valence-electron chi connectivity index (χ0n) is 10.8. The fraction of sp³-hybridized carbons (Fsp3) is 0.133. The van der Waals surface area contributed by atoms with Crippen molar-refractivity contribution < 1.29 is 18.3 Å². The molecule has 0 bridgehead atoms. The molecular formula is C15H11F3N2O. The highest BCUT2D eigenvalue weighted by Crippen LogP contribution is 2.21. The van der Waals surface area contributed by atoms with Crippen LogP contribution in [0.15, 0.2) is 42.7 Å². The van der Waals surface area contributed by atoms with Gasteiger partial charge in [-0.15, -0.1) is 0 Å². The van der Waals surface area contributed by atoms with Gasteiger partial charge >= 0.3 is 0 Å². The van der Waals surface area contributed by atoms with Crippen molar-refractivity contribution in [2.75, 3.05) is 0 Å². The predicted molar refractivity (Wildman–Crippen MR) is 71.0 cm³/mol. The van der Waals surface area contributed by atoms with Gasteiger partial charge in [0.2, 0.25) is 0 Å². The van der Waals surface area contributed by atoms with Crippen molar-refractivity contribution in [3.8, 4) is 0 Å². The summed E-state index contributed by atoms with van der Waals surface area (Å²) in [5.41, 5.74) is 1.22. The molecule has 0 saturated carbocycles. The highest BCUT2D eigenvalue weighted by atomic mass is 19.2. The number of benzene rings is 2. The molecule has 1 atom stereocenters. The van der Waals surface area contributed by atoms with Crippen LogP contribution in [0.5, 0.6) is 0 Å². The van der Waals surface area contributed by atoms with Crippen molar-refractivity contribution >= 4 is 11.0 Å². The molecule has 0 fully saturated rings. The topological polar surface area (TPSA) is 38.0 Å². The minimum atomic E-state index is -0.972. The van der Waals surface area contributed by atoms with Gasteiger partial charge in [-0.3, -0.25) is 0 Å². The third-order valence-electron chi connectivity index (χ3n) is 3.29. The summed E-state index contributed by atoms with van der Waals surface area (Å²) in [6.07, 6.45) is 0.493. The third kappa shape index (κ3) is 2.62. The first kappa shape index (κ1) is 13.6. The van der Waals surface area contributed by atoms with E-state index in [9.17, 15) is 18.3 Å². The lowest BCUT2D eigenvalue weighted by Gasteiger charge is -2.12. The molecule has 0 amide bonds. The Hall–Kier alpha value is -2.34. The molecule has 0 spiro atoms. The Labute approximate surface area is 118 Å². The van der Waals surface area contributed by atoms with Gasteiger partial charge in [0.25, 0.3) is 0 Å². The summed E-state index contributed by atoms with van der Waals surface area (Å²) in [4.78, 5) is 3.97. The van der Waals surface area contributed by atoms with Crippen molar-refractivity contribution in [3.05, 3.63) is 65.7 Å². The van der Waals surface area contributed by atoms with Crippen molar-refractivity contribution in [1.82, 2.24) is 9.55 Å². The van der Waals surface area contributed by atoms with Crippen LogP contribution in [-0.2, 0) is 6.54 Å².